The Labute approximate surface area is 162 Å². The van der Waals surface area contributed by atoms with Gasteiger partial charge in [-0.15, -0.1) is 0 Å². The first kappa shape index (κ1) is 17.7. The summed E-state index contributed by atoms with van der Waals surface area (Å²) in [4.78, 5) is 25.8. The normalized spacial score (nSPS) is 15.4. The van der Waals surface area contributed by atoms with Crippen LogP contribution in [0.15, 0.2) is 70.1 Å². The van der Waals surface area contributed by atoms with Crippen LogP contribution in [0.25, 0.3) is 11.8 Å². The fourth-order valence-corrected chi connectivity index (χ4v) is 3.18. The van der Waals surface area contributed by atoms with Gasteiger partial charge in [-0.25, -0.2) is 4.68 Å². The number of nitrogens with one attached hydrogen (secondary N) is 1. The summed E-state index contributed by atoms with van der Waals surface area (Å²) in [5.41, 5.74) is 4.50. The second kappa shape index (κ2) is 6.81. The van der Waals surface area contributed by atoms with Crippen molar-refractivity contribution in [1.29, 1.82) is 0 Å². The van der Waals surface area contributed by atoms with Crippen molar-refractivity contribution < 1.29 is 4.79 Å². The molecule has 1 aliphatic rings. The number of rotatable bonds is 3. The van der Waals surface area contributed by atoms with E-state index in [9.17, 15) is 9.59 Å². The number of H-pyrrole nitrogens is 1. The zero-order chi connectivity index (χ0) is 19.8. The van der Waals surface area contributed by atoms with E-state index in [0.717, 1.165) is 11.3 Å². The standard InChI is InChI=1S/C22H20N4O2/c1-14-9-11-18(12-10-14)26-22(28)20(16(3)24-26)13-19-15(2)23-25(21(19)27)17-7-5-4-6-8-17/h4-13,24H,1-3H3/b19-13+. The first-order valence-corrected chi connectivity index (χ1v) is 9.01. The van der Waals surface area contributed by atoms with E-state index in [1.165, 1.54) is 9.69 Å². The topological polar surface area (TPSA) is 70.5 Å². The van der Waals surface area contributed by atoms with Gasteiger partial charge in [0.1, 0.15) is 0 Å². The molecule has 2 aromatic carbocycles. The number of hydrogen-bond acceptors (Lipinski definition) is 3. The molecule has 0 aliphatic carbocycles. The van der Waals surface area contributed by atoms with Crippen molar-refractivity contribution in [2.75, 3.05) is 5.01 Å². The summed E-state index contributed by atoms with van der Waals surface area (Å²) in [6, 6.07) is 16.9. The van der Waals surface area contributed by atoms with E-state index in [2.05, 4.69) is 10.2 Å². The molecule has 4 rings (SSSR count). The van der Waals surface area contributed by atoms with Crippen LogP contribution in [-0.2, 0) is 4.79 Å². The molecule has 28 heavy (non-hydrogen) atoms. The minimum atomic E-state index is -0.245. The van der Waals surface area contributed by atoms with Crippen molar-refractivity contribution >= 4 is 23.4 Å². The second-order valence-electron chi connectivity index (χ2n) is 6.82. The van der Waals surface area contributed by atoms with Crippen LogP contribution in [0.4, 0.5) is 5.69 Å². The van der Waals surface area contributed by atoms with Gasteiger partial charge < -0.3 is 0 Å². The van der Waals surface area contributed by atoms with E-state index in [0.29, 0.717) is 28.2 Å². The van der Waals surface area contributed by atoms with Gasteiger partial charge in [0.25, 0.3) is 11.5 Å². The van der Waals surface area contributed by atoms with Gasteiger partial charge in [-0.3, -0.25) is 14.7 Å². The van der Waals surface area contributed by atoms with Gasteiger partial charge >= 0.3 is 0 Å². The molecule has 1 N–H and O–H groups in total. The average Bonchev–Trinajstić information content (AvgIpc) is 3.14. The van der Waals surface area contributed by atoms with Gasteiger partial charge in [-0.2, -0.15) is 10.1 Å². The lowest BCUT2D eigenvalue weighted by Gasteiger charge is -2.10. The van der Waals surface area contributed by atoms with Crippen LogP contribution in [0.3, 0.4) is 0 Å². The molecule has 1 aromatic heterocycles. The number of aromatic amines is 1. The third-order valence-electron chi connectivity index (χ3n) is 4.76. The maximum Gasteiger partial charge on any atom is 0.280 e. The lowest BCUT2D eigenvalue weighted by atomic mass is 10.1. The highest BCUT2D eigenvalue weighted by atomic mass is 16.2. The smallest absolute Gasteiger partial charge is 0.280 e. The van der Waals surface area contributed by atoms with E-state index in [4.69, 9.17) is 0 Å². The van der Waals surface area contributed by atoms with Gasteiger partial charge in [0.15, 0.2) is 0 Å². The molecule has 6 heteroatoms. The zero-order valence-electron chi connectivity index (χ0n) is 15.9. The lowest BCUT2D eigenvalue weighted by molar-refractivity contribution is -0.114. The van der Waals surface area contributed by atoms with Crippen LogP contribution in [-0.4, -0.2) is 21.4 Å². The quantitative estimate of drug-likeness (QED) is 0.714. The van der Waals surface area contributed by atoms with Gasteiger partial charge in [0.2, 0.25) is 0 Å². The first-order chi connectivity index (χ1) is 13.5. The zero-order valence-corrected chi connectivity index (χ0v) is 15.9. The van der Waals surface area contributed by atoms with Gasteiger partial charge in [0.05, 0.1) is 28.2 Å². The molecular formula is C22H20N4O2. The van der Waals surface area contributed by atoms with Crippen molar-refractivity contribution in [3.8, 4) is 5.69 Å². The molecule has 0 radical (unpaired) electrons. The maximum atomic E-state index is 13.0. The highest BCUT2D eigenvalue weighted by Gasteiger charge is 2.29. The Morgan fingerprint density at radius 2 is 1.57 bits per heavy atom. The molecule has 2 heterocycles. The summed E-state index contributed by atoms with van der Waals surface area (Å²) in [6.45, 7) is 5.58. The van der Waals surface area contributed by atoms with Crippen molar-refractivity contribution in [2.24, 2.45) is 5.10 Å². The van der Waals surface area contributed by atoms with Crippen molar-refractivity contribution in [1.82, 2.24) is 9.78 Å². The Hall–Kier alpha value is -3.67. The van der Waals surface area contributed by atoms with Crippen molar-refractivity contribution in [2.45, 2.75) is 20.8 Å². The molecule has 0 saturated heterocycles. The summed E-state index contributed by atoms with van der Waals surface area (Å²) in [7, 11) is 0. The number of amides is 1. The molecule has 3 aromatic rings. The summed E-state index contributed by atoms with van der Waals surface area (Å²) in [5.74, 6) is -0.245. The molecule has 0 bridgehead atoms. The Morgan fingerprint density at radius 1 is 0.893 bits per heavy atom. The van der Waals surface area contributed by atoms with Gasteiger partial charge in [0, 0.05) is 5.69 Å². The third-order valence-corrected chi connectivity index (χ3v) is 4.76. The predicted octanol–water partition coefficient (Wildman–Crippen LogP) is 3.59. The summed E-state index contributed by atoms with van der Waals surface area (Å²) in [5, 5.41) is 8.82. The molecule has 140 valence electrons. The number of nitrogens with zero attached hydrogens (tertiary/aromatic N) is 3. The molecule has 0 atom stereocenters. The number of para-hydroxylation sites is 1. The highest BCUT2D eigenvalue weighted by molar-refractivity contribution is 6.32. The molecule has 0 saturated carbocycles. The number of carbonyl (C=O) groups excluding carboxylic acids is 1. The van der Waals surface area contributed by atoms with Crippen LogP contribution in [0.1, 0.15) is 23.7 Å². The highest BCUT2D eigenvalue weighted by Crippen LogP contribution is 2.24. The molecular weight excluding hydrogens is 352 g/mol. The Morgan fingerprint density at radius 3 is 2.25 bits per heavy atom. The van der Waals surface area contributed by atoms with Crippen LogP contribution >= 0.6 is 0 Å². The van der Waals surface area contributed by atoms with Crippen molar-refractivity contribution in [3.63, 3.8) is 0 Å². The summed E-state index contributed by atoms with van der Waals surface area (Å²) < 4.78 is 1.49. The average molecular weight is 372 g/mol. The Kier molecular flexibility index (Phi) is 4.31. The number of benzene rings is 2. The second-order valence-corrected chi connectivity index (χ2v) is 6.82. The van der Waals surface area contributed by atoms with Crippen LogP contribution in [0.5, 0.6) is 0 Å². The van der Waals surface area contributed by atoms with Crippen molar-refractivity contribution in [3.05, 3.63) is 87.3 Å². The number of anilines is 1. The SMILES string of the molecule is CC1=NN(c2ccccc2)C(=O)/C1=C/c1c(C)[nH]n(-c2ccc(C)cc2)c1=O. The fourth-order valence-electron chi connectivity index (χ4n) is 3.18. The summed E-state index contributed by atoms with van der Waals surface area (Å²) >= 11 is 0. The number of hydrogen-bond donors (Lipinski definition) is 1. The predicted molar refractivity (Wildman–Crippen MR) is 111 cm³/mol. The van der Waals surface area contributed by atoms with Crippen LogP contribution in [0, 0.1) is 13.8 Å². The third kappa shape index (κ3) is 2.99. The van der Waals surface area contributed by atoms with E-state index in [1.807, 2.05) is 68.4 Å². The van der Waals surface area contributed by atoms with Crippen LogP contribution in [0.2, 0.25) is 0 Å². The Balaban J connectivity index is 1.74. The number of aryl methyl sites for hydroxylation is 2. The minimum absolute atomic E-state index is 0.201. The van der Waals surface area contributed by atoms with Gasteiger partial charge in [-0.1, -0.05) is 35.9 Å². The molecule has 0 fully saturated rings. The Bertz CT molecular complexity index is 1170. The maximum absolute atomic E-state index is 13.0. The minimum Gasteiger partial charge on any atom is -0.295 e. The summed E-state index contributed by atoms with van der Waals surface area (Å²) in [6.07, 6.45) is 1.63. The molecule has 1 aliphatic heterocycles. The first-order valence-electron chi connectivity index (χ1n) is 9.01. The largest absolute Gasteiger partial charge is 0.295 e. The number of aromatic nitrogens is 2. The van der Waals surface area contributed by atoms with E-state index < -0.39 is 0 Å². The lowest BCUT2D eigenvalue weighted by Crippen LogP contribution is -2.21. The van der Waals surface area contributed by atoms with E-state index in [-0.39, 0.29) is 11.5 Å². The van der Waals surface area contributed by atoms with Crippen LogP contribution < -0.4 is 10.6 Å². The molecule has 0 unspecified atom stereocenters. The number of hydrazone groups is 1. The number of carbonyl (C=O) groups is 1. The van der Waals surface area contributed by atoms with Gasteiger partial charge in [-0.05, 0) is 51.1 Å². The fraction of sp³-hybridized carbons (Fsp3) is 0.136. The van der Waals surface area contributed by atoms with E-state index >= 15 is 0 Å². The monoisotopic (exact) mass is 372 g/mol. The molecule has 0 spiro atoms. The molecule has 1 amide bonds. The van der Waals surface area contributed by atoms with E-state index in [1.54, 1.807) is 13.0 Å². The molecule has 6 nitrogen and oxygen atoms in total.